The van der Waals surface area contributed by atoms with E-state index in [9.17, 15) is 13.2 Å². The van der Waals surface area contributed by atoms with Gasteiger partial charge >= 0.3 is 0 Å². The van der Waals surface area contributed by atoms with Crippen molar-refractivity contribution in [3.8, 4) is 0 Å². The van der Waals surface area contributed by atoms with Gasteiger partial charge in [0.2, 0.25) is 5.91 Å². The number of piperidine rings is 1. The number of hydrogen-bond donors (Lipinski definition) is 1. The maximum absolute atomic E-state index is 12.5. The summed E-state index contributed by atoms with van der Waals surface area (Å²) in [6.45, 7) is 0.642. The summed E-state index contributed by atoms with van der Waals surface area (Å²) in [5.41, 5.74) is 0.466. The van der Waals surface area contributed by atoms with E-state index in [1.54, 1.807) is 35.7 Å². The third-order valence-electron chi connectivity index (χ3n) is 4.12. The Labute approximate surface area is 160 Å². The van der Waals surface area contributed by atoms with E-state index in [0.717, 1.165) is 0 Å². The fourth-order valence-electron chi connectivity index (χ4n) is 2.73. The zero-order chi connectivity index (χ0) is 18.0. The second-order valence-corrected chi connectivity index (χ2v) is 9.60. The quantitative estimate of drug-likeness (QED) is 0.812. The van der Waals surface area contributed by atoms with Gasteiger partial charge in [0.25, 0.3) is 10.0 Å². The molecule has 0 radical (unpaired) electrons. The molecule has 0 bridgehead atoms. The van der Waals surface area contributed by atoms with Crippen LogP contribution >= 0.6 is 34.5 Å². The SMILES string of the molecule is O=C(Nc1cccc(Cl)c1Cl)C1CCN(S(=O)(=O)c2cccs2)CC1. The van der Waals surface area contributed by atoms with Gasteiger partial charge in [-0.25, -0.2) is 8.42 Å². The van der Waals surface area contributed by atoms with Crippen LogP contribution in [0, 0.1) is 5.92 Å². The molecule has 25 heavy (non-hydrogen) atoms. The number of rotatable bonds is 4. The summed E-state index contributed by atoms with van der Waals surface area (Å²) in [6.07, 6.45) is 0.934. The van der Waals surface area contributed by atoms with Crippen molar-refractivity contribution in [1.82, 2.24) is 4.31 Å². The number of sulfonamides is 1. The van der Waals surface area contributed by atoms with Crippen LogP contribution in [0.4, 0.5) is 5.69 Å². The van der Waals surface area contributed by atoms with Crippen LogP contribution in [-0.2, 0) is 14.8 Å². The first kappa shape index (κ1) is 18.7. The molecule has 0 atom stereocenters. The van der Waals surface area contributed by atoms with Crippen LogP contribution in [0.5, 0.6) is 0 Å². The van der Waals surface area contributed by atoms with Gasteiger partial charge in [-0.2, -0.15) is 4.31 Å². The van der Waals surface area contributed by atoms with Gasteiger partial charge < -0.3 is 5.32 Å². The maximum Gasteiger partial charge on any atom is 0.252 e. The Morgan fingerprint density at radius 3 is 2.52 bits per heavy atom. The number of nitrogens with zero attached hydrogens (tertiary/aromatic N) is 1. The highest BCUT2D eigenvalue weighted by Crippen LogP contribution is 2.31. The minimum Gasteiger partial charge on any atom is -0.324 e. The standard InChI is InChI=1S/C16H16Cl2N2O3S2/c17-12-3-1-4-13(15(12)18)19-16(21)11-6-8-20(9-7-11)25(22,23)14-5-2-10-24-14/h1-5,10-11H,6-9H2,(H,19,21). The molecule has 5 nitrogen and oxygen atoms in total. The molecule has 1 saturated heterocycles. The molecule has 0 saturated carbocycles. The summed E-state index contributed by atoms with van der Waals surface area (Å²) in [5, 5.41) is 5.19. The third-order valence-corrected chi connectivity index (χ3v) is 8.21. The average molecular weight is 419 g/mol. The normalized spacial score (nSPS) is 16.7. The highest BCUT2D eigenvalue weighted by atomic mass is 35.5. The molecule has 1 aromatic carbocycles. The lowest BCUT2D eigenvalue weighted by Crippen LogP contribution is -2.41. The first-order valence-corrected chi connectivity index (χ1v) is 10.8. The van der Waals surface area contributed by atoms with Crippen molar-refractivity contribution in [1.29, 1.82) is 0 Å². The number of halogens is 2. The topological polar surface area (TPSA) is 66.5 Å². The summed E-state index contributed by atoms with van der Waals surface area (Å²) < 4.78 is 26.8. The van der Waals surface area contributed by atoms with Crippen molar-refractivity contribution in [2.75, 3.05) is 18.4 Å². The smallest absolute Gasteiger partial charge is 0.252 e. The fraction of sp³-hybridized carbons (Fsp3) is 0.312. The summed E-state index contributed by atoms with van der Waals surface area (Å²) in [5.74, 6) is -0.429. The molecule has 0 unspecified atom stereocenters. The number of carbonyl (C=O) groups excluding carboxylic acids is 1. The van der Waals surface area contributed by atoms with E-state index < -0.39 is 10.0 Å². The van der Waals surface area contributed by atoms with Crippen LogP contribution in [0.15, 0.2) is 39.9 Å². The molecule has 2 heterocycles. The van der Waals surface area contributed by atoms with E-state index in [1.165, 1.54) is 15.6 Å². The molecular formula is C16H16Cl2N2O3S2. The lowest BCUT2D eigenvalue weighted by molar-refractivity contribution is -0.120. The van der Waals surface area contributed by atoms with Crippen LogP contribution in [0.2, 0.25) is 10.0 Å². The number of carbonyl (C=O) groups is 1. The highest BCUT2D eigenvalue weighted by Gasteiger charge is 2.32. The van der Waals surface area contributed by atoms with Crippen molar-refractivity contribution < 1.29 is 13.2 Å². The minimum atomic E-state index is -3.46. The lowest BCUT2D eigenvalue weighted by Gasteiger charge is -2.30. The predicted octanol–water partition coefficient (Wildman–Crippen LogP) is 4.09. The molecule has 9 heteroatoms. The van der Waals surface area contributed by atoms with Gasteiger partial charge in [0.15, 0.2) is 0 Å². The molecule has 1 N–H and O–H groups in total. The Hall–Kier alpha value is -1.12. The van der Waals surface area contributed by atoms with Crippen molar-refractivity contribution in [2.24, 2.45) is 5.92 Å². The molecule has 2 aromatic rings. The number of hydrogen-bond acceptors (Lipinski definition) is 4. The minimum absolute atomic E-state index is 0.169. The number of thiophene rings is 1. The van der Waals surface area contributed by atoms with Gasteiger partial charge in [0.05, 0.1) is 15.7 Å². The van der Waals surface area contributed by atoms with Crippen LogP contribution in [0.25, 0.3) is 0 Å². The van der Waals surface area contributed by atoms with E-state index >= 15 is 0 Å². The van der Waals surface area contributed by atoms with E-state index in [2.05, 4.69) is 5.32 Å². The molecule has 1 aliphatic rings. The Morgan fingerprint density at radius 2 is 1.88 bits per heavy atom. The number of anilines is 1. The van der Waals surface area contributed by atoms with E-state index in [0.29, 0.717) is 45.9 Å². The summed E-state index contributed by atoms with van der Waals surface area (Å²) in [4.78, 5) is 12.4. The molecule has 1 amide bonds. The fourth-order valence-corrected chi connectivity index (χ4v) is 5.69. The van der Waals surface area contributed by atoms with Crippen molar-refractivity contribution >= 4 is 56.2 Å². The monoisotopic (exact) mass is 418 g/mol. The summed E-state index contributed by atoms with van der Waals surface area (Å²) in [7, 11) is -3.46. The van der Waals surface area contributed by atoms with Gasteiger partial charge in [-0.1, -0.05) is 35.3 Å². The molecule has 1 aliphatic heterocycles. The number of amides is 1. The van der Waals surface area contributed by atoms with Crippen LogP contribution in [-0.4, -0.2) is 31.7 Å². The molecule has 0 spiro atoms. The van der Waals surface area contributed by atoms with E-state index in [1.807, 2.05) is 0 Å². The Balaban J connectivity index is 1.62. The van der Waals surface area contributed by atoms with Gasteiger partial charge in [0.1, 0.15) is 4.21 Å². The first-order valence-electron chi connectivity index (χ1n) is 7.68. The van der Waals surface area contributed by atoms with Crippen LogP contribution in [0.3, 0.4) is 0 Å². The summed E-state index contributed by atoms with van der Waals surface area (Å²) >= 11 is 13.2. The number of benzene rings is 1. The molecule has 134 valence electrons. The molecule has 1 aromatic heterocycles. The molecular weight excluding hydrogens is 403 g/mol. The van der Waals surface area contributed by atoms with Crippen molar-refractivity contribution in [3.05, 3.63) is 45.8 Å². The van der Waals surface area contributed by atoms with Crippen molar-refractivity contribution in [3.63, 3.8) is 0 Å². The summed E-state index contributed by atoms with van der Waals surface area (Å²) in [6, 6.07) is 8.35. The second kappa shape index (κ2) is 7.63. The second-order valence-electron chi connectivity index (χ2n) is 5.70. The Kier molecular flexibility index (Phi) is 5.70. The zero-order valence-electron chi connectivity index (χ0n) is 13.1. The lowest BCUT2D eigenvalue weighted by atomic mass is 9.97. The van der Waals surface area contributed by atoms with E-state index in [4.69, 9.17) is 23.2 Å². The predicted molar refractivity (Wildman–Crippen MR) is 101 cm³/mol. The van der Waals surface area contributed by atoms with Crippen LogP contribution in [0.1, 0.15) is 12.8 Å². The zero-order valence-corrected chi connectivity index (χ0v) is 16.3. The molecule has 1 fully saturated rings. The maximum atomic E-state index is 12.5. The van der Waals surface area contributed by atoms with Gasteiger partial charge in [0, 0.05) is 19.0 Å². The average Bonchev–Trinajstić information content (AvgIpc) is 3.14. The number of nitrogens with one attached hydrogen (secondary N) is 1. The van der Waals surface area contributed by atoms with E-state index in [-0.39, 0.29) is 11.8 Å². The third kappa shape index (κ3) is 4.01. The van der Waals surface area contributed by atoms with Crippen molar-refractivity contribution in [2.45, 2.75) is 17.1 Å². The van der Waals surface area contributed by atoms with Gasteiger partial charge in [-0.3, -0.25) is 4.79 Å². The first-order chi connectivity index (χ1) is 11.9. The largest absolute Gasteiger partial charge is 0.324 e. The Bertz CT molecular complexity index is 862. The Morgan fingerprint density at radius 1 is 1.16 bits per heavy atom. The van der Waals surface area contributed by atoms with Gasteiger partial charge in [-0.15, -0.1) is 11.3 Å². The van der Waals surface area contributed by atoms with Crippen LogP contribution < -0.4 is 5.32 Å². The van der Waals surface area contributed by atoms with Gasteiger partial charge in [-0.05, 0) is 36.4 Å². The molecule has 3 rings (SSSR count). The highest BCUT2D eigenvalue weighted by molar-refractivity contribution is 7.91. The molecule has 0 aliphatic carbocycles.